The van der Waals surface area contributed by atoms with Gasteiger partial charge in [-0.1, -0.05) is 18.2 Å². The van der Waals surface area contributed by atoms with Crippen molar-refractivity contribution in [3.63, 3.8) is 0 Å². The third kappa shape index (κ3) is 3.02. The average Bonchev–Trinajstić information content (AvgIpc) is 2.79. The van der Waals surface area contributed by atoms with Crippen LogP contribution in [0.5, 0.6) is 0 Å². The Morgan fingerprint density at radius 1 is 1.27 bits per heavy atom. The van der Waals surface area contributed by atoms with E-state index in [0.29, 0.717) is 6.42 Å². The van der Waals surface area contributed by atoms with Crippen molar-refractivity contribution in [1.29, 1.82) is 0 Å². The Labute approximate surface area is 135 Å². The van der Waals surface area contributed by atoms with E-state index in [9.17, 15) is 13.2 Å². The minimum Gasteiger partial charge on any atom is -0.305 e. The maximum Gasteiger partial charge on any atom is 0.244 e. The standard InChI is InChI=1S/C15H20N2O3S2/c1-21-8-7-12-15(18)17(11-5-3-2-4-6-11)14-10-22(19,20)9-13(14)16-12/h2-6,12-14,16H,7-10H2,1H3/t12-,13+,14-/m0/s1. The van der Waals surface area contributed by atoms with Crippen molar-refractivity contribution >= 4 is 33.2 Å². The zero-order valence-corrected chi connectivity index (χ0v) is 14.1. The summed E-state index contributed by atoms with van der Waals surface area (Å²) in [7, 11) is -3.10. The summed E-state index contributed by atoms with van der Waals surface area (Å²) in [5, 5.41) is 3.27. The number of amides is 1. The number of piperazine rings is 1. The molecule has 0 spiro atoms. The number of thioether (sulfide) groups is 1. The highest BCUT2D eigenvalue weighted by atomic mass is 32.2. The molecule has 2 fully saturated rings. The lowest BCUT2D eigenvalue weighted by Crippen LogP contribution is -2.65. The number of hydrogen-bond donors (Lipinski definition) is 1. The highest BCUT2D eigenvalue weighted by Gasteiger charge is 2.49. The second kappa shape index (κ2) is 6.22. The largest absolute Gasteiger partial charge is 0.305 e. The molecule has 2 heterocycles. The maximum atomic E-state index is 12.8. The average molecular weight is 340 g/mol. The maximum absolute atomic E-state index is 12.8. The summed E-state index contributed by atoms with van der Waals surface area (Å²) >= 11 is 1.69. The lowest BCUT2D eigenvalue weighted by molar-refractivity contribution is -0.122. The van der Waals surface area contributed by atoms with Crippen LogP contribution in [0.3, 0.4) is 0 Å². The number of sulfone groups is 1. The van der Waals surface area contributed by atoms with Gasteiger partial charge in [0.25, 0.3) is 0 Å². The van der Waals surface area contributed by atoms with Crippen LogP contribution in [0.4, 0.5) is 5.69 Å². The quantitative estimate of drug-likeness (QED) is 0.882. The first-order chi connectivity index (χ1) is 10.5. The Kier molecular flexibility index (Phi) is 4.47. The molecule has 0 aliphatic carbocycles. The molecular weight excluding hydrogens is 320 g/mol. The second-order valence-electron chi connectivity index (χ2n) is 5.80. The van der Waals surface area contributed by atoms with Gasteiger partial charge in [-0.25, -0.2) is 8.42 Å². The number of benzene rings is 1. The number of carbonyl (C=O) groups is 1. The number of para-hydroxylation sites is 1. The fourth-order valence-electron chi connectivity index (χ4n) is 3.25. The molecule has 1 aromatic carbocycles. The number of carbonyl (C=O) groups excluding carboxylic acids is 1. The van der Waals surface area contributed by atoms with E-state index in [-0.39, 0.29) is 35.5 Å². The molecule has 3 rings (SSSR count). The Morgan fingerprint density at radius 2 is 2.00 bits per heavy atom. The van der Waals surface area contributed by atoms with Crippen LogP contribution in [0.25, 0.3) is 0 Å². The molecule has 1 N–H and O–H groups in total. The van der Waals surface area contributed by atoms with Crippen LogP contribution in [-0.2, 0) is 14.6 Å². The molecule has 1 aromatic rings. The van der Waals surface area contributed by atoms with Crippen LogP contribution in [0.1, 0.15) is 6.42 Å². The number of nitrogens with one attached hydrogen (secondary N) is 1. The molecule has 22 heavy (non-hydrogen) atoms. The van der Waals surface area contributed by atoms with Crippen molar-refractivity contribution in [1.82, 2.24) is 5.32 Å². The lowest BCUT2D eigenvalue weighted by atomic mass is 10.00. The van der Waals surface area contributed by atoms with Crippen molar-refractivity contribution in [2.24, 2.45) is 0 Å². The monoisotopic (exact) mass is 340 g/mol. The van der Waals surface area contributed by atoms with Crippen molar-refractivity contribution in [3.8, 4) is 0 Å². The second-order valence-corrected chi connectivity index (χ2v) is 8.93. The zero-order chi connectivity index (χ0) is 15.7. The highest BCUT2D eigenvalue weighted by Crippen LogP contribution is 2.29. The van der Waals surface area contributed by atoms with Gasteiger partial charge in [0.2, 0.25) is 5.91 Å². The fourth-order valence-corrected chi connectivity index (χ4v) is 5.63. The minimum atomic E-state index is -3.10. The SMILES string of the molecule is CSCC[C@@H]1N[C@@H]2CS(=O)(=O)C[C@@H]2N(c2ccccc2)C1=O. The number of fused-ring (bicyclic) bond motifs is 1. The highest BCUT2D eigenvalue weighted by molar-refractivity contribution is 7.98. The normalized spacial score (nSPS) is 30.3. The van der Waals surface area contributed by atoms with Gasteiger partial charge >= 0.3 is 0 Å². The molecule has 3 atom stereocenters. The smallest absolute Gasteiger partial charge is 0.244 e. The van der Waals surface area contributed by atoms with Gasteiger partial charge in [0.05, 0.1) is 23.6 Å². The molecule has 0 radical (unpaired) electrons. The van der Waals surface area contributed by atoms with E-state index < -0.39 is 9.84 Å². The van der Waals surface area contributed by atoms with E-state index in [1.165, 1.54) is 0 Å². The number of anilines is 1. The molecule has 5 nitrogen and oxygen atoms in total. The van der Waals surface area contributed by atoms with Gasteiger partial charge < -0.3 is 4.90 Å². The molecule has 2 saturated heterocycles. The molecule has 1 amide bonds. The van der Waals surface area contributed by atoms with E-state index in [0.717, 1.165) is 11.4 Å². The zero-order valence-electron chi connectivity index (χ0n) is 12.4. The van der Waals surface area contributed by atoms with E-state index in [1.54, 1.807) is 16.7 Å². The van der Waals surface area contributed by atoms with E-state index in [1.807, 2.05) is 36.6 Å². The summed E-state index contributed by atoms with van der Waals surface area (Å²) in [5.41, 5.74) is 0.787. The Hall–Kier alpha value is -1.05. The van der Waals surface area contributed by atoms with Crippen LogP contribution < -0.4 is 10.2 Å². The van der Waals surface area contributed by atoms with Gasteiger partial charge in [0.15, 0.2) is 9.84 Å². The van der Waals surface area contributed by atoms with Gasteiger partial charge in [0, 0.05) is 11.7 Å². The molecule has 120 valence electrons. The third-order valence-corrected chi connectivity index (χ3v) is 6.61. The topological polar surface area (TPSA) is 66.5 Å². The van der Waals surface area contributed by atoms with Crippen LogP contribution in [0, 0.1) is 0 Å². The molecule has 0 bridgehead atoms. The van der Waals surface area contributed by atoms with Gasteiger partial charge in [-0.15, -0.1) is 0 Å². The Bertz CT molecular complexity index is 648. The van der Waals surface area contributed by atoms with E-state index in [2.05, 4.69) is 5.32 Å². The fraction of sp³-hybridized carbons (Fsp3) is 0.533. The summed E-state index contributed by atoms with van der Waals surface area (Å²) < 4.78 is 24.0. The first-order valence-corrected chi connectivity index (χ1v) is 10.6. The van der Waals surface area contributed by atoms with Crippen LogP contribution >= 0.6 is 11.8 Å². The first-order valence-electron chi connectivity index (χ1n) is 7.35. The molecule has 2 aliphatic rings. The van der Waals surface area contributed by atoms with Crippen LogP contribution in [-0.4, -0.2) is 56.0 Å². The van der Waals surface area contributed by atoms with E-state index >= 15 is 0 Å². The van der Waals surface area contributed by atoms with Gasteiger partial charge in [-0.3, -0.25) is 10.1 Å². The molecule has 0 unspecified atom stereocenters. The summed E-state index contributed by atoms with van der Waals surface area (Å²) in [6.45, 7) is 0. The molecule has 0 aromatic heterocycles. The van der Waals surface area contributed by atoms with Gasteiger partial charge in [0.1, 0.15) is 0 Å². The first kappa shape index (κ1) is 15.8. The minimum absolute atomic E-state index is 0.0152. The molecule has 2 aliphatic heterocycles. The van der Waals surface area contributed by atoms with Crippen molar-refractivity contribution < 1.29 is 13.2 Å². The van der Waals surface area contributed by atoms with Crippen molar-refractivity contribution in [2.45, 2.75) is 24.5 Å². The molecular formula is C15H20N2O3S2. The van der Waals surface area contributed by atoms with Gasteiger partial charge in [-0.2, -0.15) is 11.8 Å². The third-order valence-electron chi connectivity index (χ3n) is 4.25. The number of rotatable bonds is 4. The molecule has 7 heteroatoms. The van der Waals surface area contributed by atoms with Crippen LogP contribution in [0.2, 0.25) is 0 Å². The summed E-state index contributed by atoms with van der Waals surface area (Å²) in [6.07, 6.45) is 2.72. The predicted molar refractivity (Wildman–Crippen MR) is 90.1 cm³/mol. The van der Waals surface area contributed by atoms with Crippen LogP contribution in [0.15, 0.2) is 30.3 Å². The summed E-state index contributed by atoms with van der Waals surface area (Å²) in [6, 6.07) is 8.61. The van der Waals surface area contributed by atoms with Crippen molar-refractivity contribution in [2.75, 3.05) is 28.4 Å². The predicted octanol–water partition coefficient (Wildman–Crippen LogP) is 0.910. The summed E-state index contributed by atoms with van der Waals surface area (Å²) in [5.74, 6) is 1.01. The Balaban J connectivity index is 1.94. The van der Waals surface area contributed by atoms with E-state index in [4.69, 9.17) is 0 Å². The number of nitrogens with zero attached hydrogens (tertiary/aromatic N) is 1. The Morgan fingerprint density at radius 3 is 2.68 bits per heavy atom. The number of hydrogen-bond acceptors (Lipinski definition) is 5. The van der Waals surface area contributed by atoms with Gasteiger partial charge in [-0.05, 0) is 30.6 Å². The lowest BCUT2D eigenvalue weighted by Gasteiger charge is -2.41. The van der Waals surface area contributed by atoms with Crippen molar-refractivity contribution in [3.05, 3.63) is 30.3 Å². The molecule has 0 saturated carbocycles. The summed E-state index contributed by atoms with van der Waals surface area (Å²) in [4.78, 5) is 14.5.